The fourth-order valence-electron chi connectivity index (χ4n) is 2.68. The van der Waals surface area contributed by atoms with E-state index in [0.717, 1.165) is 0 Å². The molecule has 2 saturated heterocycles. The van der Waals surface area contributed by atoms with E-state index in [1.807, 2.05) is 0 Å². The Morgan fingerprint density at radius 2 is 2.25 bits per heavy atom. The molecule has 0 aliphatic carbocycles. The quantitative estimate of drug-likeness (QED) is 0.695. The molecule has 1 spiro atoms. The lowest BCUT2D eigenvalue weighted by Crippen LogP contribution is -2.49. The fourth-order valence-corrected chi connectivity index (χ4v) is 2.68. The number of amides is 4. The van der Waals surface area contributed by atoms with Crippen LogP contribution in [0.1, 0.15) is 22.5 Å². The maximum atomic E-state index is 12.4. The summed E-state index contributed by atoms with van der Waals surface area (Å²) in [7, 11) is 0. The second-order valence-corrected chi connectivity index (χ2v) is 5.10. The summed E-state index contributed by atoms with van der Waals surface area (Å²) >= 11 is 0. The lowest BCUT2D eigenvalue weighted by atomic mass is 9.99. The van der Waals surface area contributed by atoms with Crippen molar-refractivity contribution in [2.24, 2.45) is 0 Å². The number of carbonyl (C=O) groups excluding carboxylic acids is 3. The molecule has 1 atom stereocenters. The largest absolute Gasteiger partial charge is 0.336 e. The highest BCUT2D eigenvalue weighted by Crippen LogP contribution is 2.26. The van der Waals surface area contributed by atoms with Crippen LogP contribution in [0.4, 0.5) is 4.79 Å². The van der Waals surface area contributed by atoms with Crippen LogP contribution in [0.15, 0.2) is 18.3 Å². The van der Waals surface area contributed by atoms with E-state index in [9.17, 15) is 14.4 Å². The lowest BCUT2D eigenvalue weighted by molar-refractivity contribution is -0.123. The smallest absolute Gasteiger partial charge is 0.322 e. The lowest BCUT2D eigenvalue weighted by Gasteiger charge is -2.21. The monoisotopic (exact) mass is 274 g/mol. The summed E-state index contributed by atoms with van der Waals surface area (Å²) in [6.07, 6.45) is 2.05. The Balaban J connectivity index is 1.81. The van der Waals surface area contributed by atoms with Crippen LogP contribution in [-0.4, -0.2) is 46.4 Å². The maximum absolute atomic E-state index is 12.4. The molecule has 1 aromatic rings. The summed E-state index contributed by atoms with van der Waals surface area (Å²) in [5.41, 5.74) is 0.204. The third kappa shape index (κ3) is 1.82. The highest BCUT2D eigenvalue weighted by Gasteiger charge is 2.51. The van der Waals surface area contributed by atoms with Crippen molar-refractivity contribution in [3.05, 3.63) is 29.6 Å². The summed E-state index contributed by atoms with van der Waals surface area (Å²) in [6.45, 7) is 2.39. The molecule has 3 rings (SSSR count). The molecule has 20 heavy (non-hydrogen) atoms. The minimum Gasteiger partial charge on any atom is -0.336 e. The number of imide groups is 1. The van der Waals surface area contributed by atoms with Crippen molar-refractivity contribution in [2.75, 3.05) is 13.1 Å². The van der Waals surface area contributed by atoms with Gasteiger partial charge in [0.1, 0.15) is 5.54 Å². The van der Waals surface area contributed by atoms with Gasteiger partial charge in [-0.15, -0.1) is 0 Å². The first-order valence-electron chi connectivity index (χ1n) is 6.36. The molecule has 7 heteroatoms. The zero-order chi connectivity index (χ0) is 14.3. The van der Waals surface area contributed by atoms with Crippen molar-refractivity contribution in [1.29, 1.82) is 0 Å². The molecule has 2 aliphatic heterocycles. The molecule has 0 radical (unpaired) electrons. The number of nitrogens with zero attached hydrogens (tertiary/aromatic N) is 2. The van der Waals surface area contributed by atoms with E-state index in [1.165, 1.54) is 0 Å². The molecule has 3 heterocycles. The zero-order valence-electron chi connectivity index (χ0n) is 11.0. The van der Waals surface area contributed by atoms with Gasteiger partial charge in [-0.05, 0) is 25.5 Å². The topological polar surface area (TPSA) is 91.4 Å². The van der Waals surface area contributed by atoms with Crippen molar-refractivity contribution >= 4 is 17.8 Å². The van der Waals surface area contributed by atoms with Gasteiger partial charge in [0.15, 0.2) is 0 Å². The Bertz CT molecular complexity index is 615. The van der Waals surface area contributed by atoms with Gasteiger partial charge in [-0.3, -0.25) is 19.9 Å². The first-order chi connectivity index (χ1) is 9.52. The number of carbonyl (C=O) groups is 3. The maximum Gasteiger partial charge on any atom is 0.322 e. The van der Waals surface area contributed by atoms with Crippen molar-refractivity contribution in [3.63, 3.8) is 0 Å². The van der Waals surface area contributed by atoms with Crippen molar-refractivity contribution in [3.8, 4) is 0 Å². The summed E-state index contributed by atoms with van der Waals surface area (Å²) in [4.78, 5) is 41.2. The molecular formula is C13H14N4O3. The number of likely N-dealkylation sites (tertiary alicyclic amines) is 1. The molecule has 2 N–H and O–H groups in total. The Labute approximate surface area is 115 Å². The van der Waals surface area contributed by atoms with Gasteiger partial charge in [-0.25, -0.2) is 4.79 Å². The number of aryl methyl sites for hydroxylation is 1. The van der Waals surface area contributed by atoms with Gasteiger partial charge >= 0.3 is 6.03 Å². The van der Waals surface area contributed by atoms with E-state index < -0.39 is 11.6 Å². The van der Waals surface area contributed by atoms with Crippen LogP contribution in [0.25, 0.3) is 0 Å². The molecule has 0 aromatic carbocycles. The van der Waals surface area contributed by atoms with Gasteiger partial charge in [0.05, 0.1) is 12.1 Å². The molecule has 2 aliphatic rings. The van der Waals surface area contributed by atoms with E-state index in [0.29, 0.717) is 24.2 Å². The number of rotatable bonds is 1. The third-order valence-electron chi connectivity index (χ3n) is 3.81. The van der Waals surface area contributed by atoms with Gasteiger partial charge in [0.2, 0.25) is 0 Å². The summed E-state index contributed by atoms with van der Waals surface area (Å²) in [6, 6.07) is 2.92. The van der Waals surface area contributed by atoms with Crippen molar-refractivity contribution in [1.82, 2.24) is 20.5 Å². The van der Waals surface area contributed by atoms with Crippen LogP contribution in [0.2, 0.25) is 0 Å². The predicted molar refractivity (Wildman–Crippen MR) is 68.9 cm³/mol. The summed E-state index contributed by atoms with van der Waals surface area (Å²) in [5, 5.41) is 4.84. The number of aromatic nitrogens is 1. The number of nitrogens with one attached hydrogen (secondary N) is 2. The standard InChI is InChI=1S/C13H14N4O3/c1-8-9(3-2-5-14-8)10(18)17-6-4-13(7-17)11(19)15-12(20)16-13/h2-3,5H,4,6-7H2,1H3,(H2,15,16,19,20). The SMILES string of the molecule is Cc1ncccc1C(=O)N1CCC2(C1)NC(=O)NC2=O. The van der Waals surface area contributed by atoms with Crippen LogP contribution in [0.5, 0.6) is 0 Å². The Morgan fingerprint density at radius 1 is 1.45 bits per heavy atom. The van der Waals surface area contributed by atoms with Crippen molar-refractivity contribution < 1.29 is 14.4 Å². The van der Waals surface area contributed by atoms with E-state index in [4.69, 9.17) is 0 Å². The third-order valence-corrected chi connectivity index (χ3v) is 3.81. The van der Waals surface area contributed by atoms with E-state index in [-0.39, 0.29) is 18.4 Å². The average molecular weight is 274 g/mol. The highest BCUT2D eigenvalue weighted by atomic mass is 16.2. The van der Waals surface area contributed by atoms with Gasteiger partial charge in [0, 0.05) is 18.4 Å². The first kappa shape index (κ1) is 12.6. The van der Waals surface area contributed by atoms with Crippen LogP contribution in [0.3, 0.4) is 0 Å². The summed E-state index contributed by atoms with van der Waals surface area (Å²) < 4.78 is 0. The number of pyridine rings is 1. The van der Waals surface area contributed by atoms with E-state index in [2.05, 4.69) is 15.6 Å². The van der Waals surface area contributed by atoms with Gasteiger partial charge < -0.3 is 10.2 Å². The fraction of sp³-hybridized carbons (Fsp3) is 0.385. The number of urea groups is 1. The number of hydrogen-bond acceptors (Lipinski definition) is 4. The average Bonchev–Trinajstić information content (AvgIpc) is 2.95. The Morgan fingerprint density at radius 3 is 2.90 bits per heavy atom. The zero-order valence-corrected chi connectivity index (χ0v) is 11.0. The molecule has 1 unspecified atom stereocenters. The minimum atomic E-state index is -0.969. The normalized spacial score (nSPS) is 24.9. The predicted octanol–water partition coefficient (Wildman–Crippen LogP) is -0.186. The van der Waals surface area contributed by atoms with Gasteiger partial charge in [-0.2, -0.15) is 0 Å². The van der Waals surface area contributed by atoms with Crippen LogP contribution < -0.4 is 10.6 Å². The van der Waals surface area contributed by atoms with E-state index in [1.54, 1.807) is 30.2 Å². The number of hydrogen-bond donors (Lipinski definition) is 2. The molecule has 0 bridgehead atoms. The Hall–Kier alpha value is -2.44. The highest BCUT2D eigenvalue weighted by molar-refractivity contribution is 6.08. The molecule has 4 amide bonds. The molecule has 2 fully saturated rings. The van der Waals surface area contributed by atoms with Crippen LogP contribution >= 0.6 is 0 Å². The second-order valence-electron chi connectivity index (χ2n) is 5.10. The van der Waals surface area contributed by atoms with Crippen LogP contribution in [0, 0.1) is 6.92 Å². The molecule has 0 saturated carbocycles. The van der Waals surface area contributed by atoms with Gasteiger partial charge in [-0.1, -0.05) is 0 Å². The molecule has 7 nitrogen and oxygen atoms in total. The summed E-state index contributed by atoms with van der Waals surface area (Å²) in [5.74, 6) is -0.526. The van der Waals surface area contributed by atoms with Crippen LogP contribution in [-0.2, 0) is 4.79 Å². The van der Waals surface area contributed by atoms with Crippen molar-refractivity contribution in [2.45, 2.75) is 18.9 Å². The molecular weight excluding hydrogens is 260 g/mol. The molecule has 1 aromatic heterocycles. The van der Waals surface area contributed by atoms with Gasteiger partial charge in [0.25, 0.3) is 11.8 Å². The van der Waals surface area contributed by atoms with E-state index >= 15 is 0 Å². The first-order valence-corrected chi connectivity index (χ1v) is 6.36. The Kier molecular flexibility index (Phi) is 2.70. The second kappa shape index (κ2) is 4.29. The minimum absolute atomic E-state index is 0.165. The molecule has 104 valence electrons.